The molecule has 0 aliphatic carbocycles. The normalized spacial score (nSPS) is 9.88. The molecule has 0 saturated carbocycles. The van der Waals surface area contributed by atoms with E-state index in [0.717, 1.165) is 137 Å². The van der Waals surface area contributed by atoms with Gasteiger partial charge in [-0.25, -0.2) is 57.5 Å². The zero-order valence-electron chi connectivity index (χ0n) is 80.7. The lowest BCUT2D eigenvalue weighted by molar-refractivity contribution is -0.141. The van der Waals surface area contributed by atoms with Gasteiger partial charge in [0.15, 0.2) is 0 Å². The molecule has 12 aromatic rings. The van der Waals surface area contributed by atoms with Crippen LogP contribution in [0, 0.1) is 0 Å². The third kappa shape index (κ3) is 39.7. The van der Waals surface area contributed by atoms with Crippen LogP contribution in [-0.4, -0.2) is 71.6 Å². The fraction of sp³-hybridized carbons (Fsp3) is 0.100. The van der Waals surface area contributed by atoms with Crippen molar-refractivity contribution in [3.05, 3.63) is 473 Å². The fourth-order valence-electron chi connectivity index (χ4n) is 11.6. The Bertz CT molecular complexity index is 6360. The van der Waals surface area contributed by atoms with E-state index in [1.165, 1.54) is 0 Å². The molecule has 0 fully saturated rings. The second kappa shape index (κ2) is 58.7. The first kappa shape index (κ1) is 112. The zero-order valence-corrected chi connectivity index (χ0v) is 80.7. The van der Waals surface area contributed by atoms with Crippen LogP contribution in [0.4, 0.5) is 0 Å². The largest absolute Gasteiger partial charge is 0.458 e. The lowest BCUT2D eigenvalue weighted by Gasteiger charge is -2.08. The van der Waals surface area contributed by atoms with E-state index in [-0.39, 0.29) is 39.6 Å². The van der Waals surface area contributed by atoms with Crippen LogP contribution < -0.4 is 28.4 Å². The highest BCUT2D eigenvalue weighted by molar-refractivity contribution is 5.92. The smallest absolute Gasteiger partial charge is 0.338 e. The number of carbonyl (C=O) groups excluding carboxylic acids is 12. The van der Waals surface area contributed by atoms with Gasteiger partial charge in [0, 0.05) is 69.9 Å². The molecule has 0 unspecified atom stereocenters. The molecule has 12 aromatic carbocycles. The monoisotopic (exact) mass is 1930 g/mol. The van der Waals surface area contributed by atoms with Crippen molar-refractivity contribution in [3.8, 4) is 101 Å². The first-order valence-corrected chi connectivity index (χ1v) is 44.1. The minimum Gasteiger partial charge on any atom is -0.458 e. The summed E-state index contributed by atoms with van der Waals surface area (Å²) >= 11 is 0. The molecule has 0 heterocycles. The van der Waals surface area contributed by atoms with Crippen molar-refractivity contribution in [2.24, 2.45) is 0 Å². The summed E-state index contributed by atoms with van der Waals surface area (Å²) in [6.45, 7) is 52.3. The molecule has 144 heavy (non-hydrogen) atoms. The average molecular weight is 1930 g/mol. The molecule has 0 saturated heterocycles. The summed E-state index contributed by atoms with van der Waals surface area (Å²) in [6.07, 6.45) is 6.75. The standard InChI is InChI=1S/C22H22O4.C21H20O4.2C20H18O4.C19H16O4.C18H14O4/c1-15(2)21(23)25-13-17-5-9-19(10-6-17)20-11-7-18(8-12-20)14-26-22(24)16(3)4;1-14(2)20(22)24-13-16-5-7-17(8-6-16)18-9-11-19(12-10-18)25-21(23)15(3)4;1-13(2)19(21)23-17-9-5-15(6-10-17)16-7-11-18(12-8-16)24-20(22)14(3)4;1-3-19(21)23-13-15-5-9-17(10-6-15)18-11-7-16(8-12-18)14-24-20(22)4-2;1-3-18(20)22-13-14-5-7-15(8-6-14)16-9-11-17(12-10-16)23-19(21)4-2;1-3-17(19)21-15-9-5-13(6-10-15)14-7-11-16(12-8-14)22-18(20)4-2/h5-12H,1,3,13-14H2,2,4H3;5-12H,1,3,13H2,2,4H3;5-12H,1,3H2,2,4H3;3-12H,1-2,13-14H2;3-12H,1-2,13H2;3-12H,1-2H2. The van der Waals surface area contributed by atoms with Crippen LogP contribution in [0.5, 0.6) is 34.5 Å². The Labute approximate surface area is 837 Å². The summed E-state index contributed by atoms with van der Waals surface area (Å²) in [5, 5.41) is 0. The minimum absolute atomic E-state index is 0.210. The maximum Gasteiger partial charge on any atom is 0.338 e. The van der Waals surface area contributed by atoms with Crippen molar-refractivity contribution in [1.82, 2.24) is 0 Å². The van der Waals surface area contributed by atoms with E-state index in [1.807, 2.05) is 218 Å². The van der Waals surface area contributed by atoms with E-state index in [2.05, 4.69) is 78.9 Å². The predicted octanol–water partition coefficient (Wildman–Crippen LogP) is 24.4. The fourth-order valence-corrected chi connectivity index (χ4v) is 11.6. The summed E-state index contributed by atoms with van der Waals surface area (Å²) in [5.74, 6) is -2.59. The van der Waals surface area contributed by atoms with Crippen molar-refractivity contribution in [2.45, 2.75) is 81.2 Å². The Hall–Kier alpha value is -18.8. The highest BCUT2D eigenvalue weighted by Crippen LogP contribution is 2.31. The number of hydrogen-bond acceptors (Lipinski definition) is 24. The van der Waals surface area contributed by atoms with Gasteiger partial charge in [0.05, 0.1) is 0 Å². The molecule has 732 valence electrons. The second-order valence-electron chi connectivity index (χ2n) is 31.2. The maximum atomic E-state index is 11.5. The lowest BCUT2D eigenvalue weighted by Crippen LogP contribution is -2.08. The van der Waals surface area contributed by atoms with Gasteiger partial charge in [0.1, 0.15) is 74.1 Å². The van der Waals surface area contributed by atoms with Crippen LogP contribution in [0.25, 0.3) is 66.8 Å². The van der Waals surface area contributed by atoms with Crippen molar-refractivity contribution in [1.29, 1.82) is 0 Å². The molecule has 0 atom stereocenters. The van der Waals surface area contributed by atoms with Crippen LogP contribution >= 0.6 is 0 Å². The first-order valence-electron chi connectivity index (χ1n) is 44.1. The van der Waals surface area contributed by atoms with Gasteiger partial charge in [-0.2, -0.15) is 0 Å². The van der Waals surface area contributed by atoms with Crippen LogP contribution in [-0.2, 0) is 126 Å². The van der Waals surface area contributed by atoms with Gasteiger partial charge in [-0.3, -0.25) is 0 Å². The number of ether oxygens (including phenoxy) is 12. The van der Waals surface area contributed by atoms with E-state index in [0.29, 0.717) is 67.9 Å². The number of rotatable bonds is 36. The molecule has 24 heteroatoms. The topological polar surface area (TPSA) is 316 Å². The molecule has 0 aromatic heterocycles. The summed E-state index contributed by atoms with van der Waals surface area (Å²) in [5.41, 5.74) is 19.6. The Morgan fingerprint density at radius 2 is 0.285 bits per heavy atom. The lowest BCUT2D eigenvalue weighted by atomic mass is 10.0. The zero-order chi connectivity index (χ0) is 105. The van der Waals surface area contributed by atoms with Crippen LogP contribution in [0.3, 0.4) is 0 Å². The summed E-state index contributed by atoms with van der Waals surface area (Å²) in [6, 6.07) is 89.1. The number of benzene rings is 12. The van der Waals surface area contributed by atoms with Crippen molar-refractivity contribution in [3.63, 3.8) is 0 Å². The third-order valence-electron chi connectivity index (χ3n) is 19.5. The quantitative estimate of drug-likeness (QED) is 0.0152. The van der Waals surface area contributed by atoms with E-state index in [9.17, 15) is 57.5 Å². The first-order chi connectivity index (χ1) is 68.9. The van der Waals surface area contributed by atoms with Gasteiger partial charge < -0.3 is 56.8 Å². The molecule has 0 aliphatic heterocycles. The predicted molar refractivity (Wildman–Crippen MR) is 554 cm³/mol. The van der Waals surface area contributed by atoms with Gasteiger partial charge >= 0.3 is 71.6 Å². The molecule has 0 aliphatic rings. The molecule has 0 amide bonds. The minimum atomic E-state index is -0.499. The maximum absolute atomic E-state index is 11.5. The summed E-state index contributed by atoms with van der Waals surface area (Å²) in [4.78, 5) is 135. The molecule has 12 rings (SSSR count). The number of esters is 12. The van der Waals surface area contributed by atoms with Crippen molar-refractivity contribution in [2.75, 3.05) is 0 Å². The highest BCUT2D eigenvalue weighted by Gasteiger charge is 2.15. The van der Waals surface area contributed by atoms with E-state index < -0.39 is 71.6 Å². The van der Waals surface area contributed by atoms with Gasteiger partial charge in [-0.1, -0.05) is 297 Å². The number of hydrogen-bond donors (Lipinski definition) is 0. The Morgan fingerprint density at radius 1 is 0.167 bits per heavy atom. The van der Waals surface area contributed by atoms with Crippen LogP contribution in [0.2, 0.25) is 0 Å². The van der Waals surface area contributed by atoms with Gasteiger partial charge in [-0.05, 0) is 214 Å². The molecule has 0 bridgehead atoms. The molecule has 24 nitrogen and oxygen atoms in total. The van der Waals surface area contributed by atoms with E-state index in [4.69, 9.17) is 56.8 Å². The van der Waals surface area contributed by atoms with Crippen LogP contribution in [0.15, 0.2) is 440 Å². The number of carbonyl (C=O) groups is 12. The average Bonchev–Trinajstić information content (AvgIpc) is 0.867. The summed E-state index contributed by atoms with van der Waals surface area (Å²) in [7, 11) is 0. The van der Waals surface area contributed by atoms with Crippen LogP contribution in [0.1, 0.15) is 74.9 Å². The third-order valence-corrected chi connectivity index (χ3v) is 19.5. The SMILES string of the molecule is C=C(C)C(=O)OCc1ccc(-c2ccc(COC(=O)C(=C)C)cc2)cc1.C=C(C)C(=O)OCc1ccc(-c2ccc(OC(=O)C(=C)C)cc2)cc1.C=C(C)C(=O)Oc1ccc(-c2ccc(OC(=O)C(=C)C)cc2)cc1.C=CC(=O)OCc1ccc(-c2ccc(COC(=O)C=C)cc2)cc1.C=CC(=O)OCc1ccc(-c2ccc(OC(=O)C=C)cc2)cc1.C=CC(=O)Oc1ccc(-c2ccc(OC(=O)C=C)cc2)cc1. The molecular formula is C120H108O24. The second-order valence-corrected chi connectivity index (χ2v) is 31.2. The van der Waals surface area contributed by atoms with Crippen molar-refractivity contribution >= 4 is 71.6 Å². The van der Waals surface area contributed by atoms with Crippen molar-refractivity contribution < 1.29 is 114 Å². The van der Waals surface area contributed by atoms with Gasteiger partial charge in [-0.15, -0.1) is 0 Å². The highest BCUT2D eigenvalue weighted by atomic mass is 16.6. The Morgan fingerprint density at radius 3 is 0.410 bits per heavy atom. The molecular weight excluding hydrogens is 1830 g/mol. The van der Waals surface area contributed by atoms with Gasteiger partial charge in [0.25, 0.3) is 0 Å². The molecule has 0 N–H and O–H groups in total. The van der Waals surface area contributed by atoms with E-state index >= 15 is 0 Å². The molecule has 0 radical (unpaired) electrons. The van der Waals surface area contributed by atoms with Gasteiger partial charge in [0.2, 0.25) is 0 Å². The molecule has 0 spiro atoms. The van der Waals surface area contributed by atoms with E-state index in [1.54, 1.807) is 114 Å². The summed E-state index contributed by atoms with van der Waals surface area (Å²) < 4.78 is 60.8. The Kier molecular flexibility index (Phi) is 45.7. The Balaban J connectivity index is 0.000000235.